The molecule has 0 aliphatic carbocycles. The SMILES string of the molecule is CC(C)c1cccc(N2CC(C(=O)NC(C)c3cccs3)CC2=O)c1. The molecular formula is C20H24N2O2S. The first kappa shape index (κ1) is 17.7. The highest BCUT2D eigenvalue weighted by molar-refractivity contribution is 7.10. The number of anilines is 1. The number of rotatable bonds is 5. The number of nitrogens with one attached hydrogen (secondary N) is 1. The molecule has 1 aromatic heterocycles. The molecule has 2 amide bonds. The second kappa shape index (κ2) is 7.40. The van der Waals surface area contributed by atoms with Crippen LogP contribution in [0.5, 0.6) is 0 Å². The third kappa shape index (κ3) is 3.93. The van der Waals surface area contributed by atoms with Gasteiger partial charge in [0.2, 0.25) is 11.8 Å². The average Bonchev–Trinajstić information content (AvgIpc) is 3.24. The molecular weight excluding hydrogens is 332 g/mol. The monoisotopic (exact) mass is 356 g/mol. The maximum absolute atomic E-state index is 12.6. The predicted molar refractivity (Wildman–Crippen MR) is 102 cm³/mol. The number of amides is 2. The van der Waals surface area contributed by atoms with E-state index in [2.05, 4.69) is 31.3 Å². The highest BCUT2D eigenvalue weighted by atomic mass is 32.1. The standard InChI is InChI=1S/C20H24N2O2S/c1-13(2)15-6-4-7-17(10-15)22-12-16(11-19(22)23)20(24)21-14(3)18-8-5-9-25-18/h4-10,13-14,16H,11-12H2,1-3H3,(H,21,24). The maximum atomic E-state index is 12.6. The first-order chi connectivity index (χ1) is 12.0. The molecule has 1 N–H and O–H groups in total. The van der Waals surface area contributed by atoms with Crippen molar-refractivity contribution < 1.29 is 9.59 Å². The number of benzene rings is 1. The van der Waals surface area contributed by atoms with E-state index >= 15 is 0 Å². The lowest BCUT2D eigenvalue weighted by atomic mass is 10.0. The van der Waals surface area contributed by atoms with Crippen LogP contribution in [0.1, 0.15) is 49.6 Å². The second-order valence-corrected chi connectivity index (χ2v) is 7.88. The molecule has 1 aliphatic heterocycles. The Morgan fingerprint density at radius 3 is 2.72 bits per heavy atom. The van der Waals surface area contributed by atoms with Gasteiger partial charge in [-0.1, -0.05) is 32.0 Å². The summed E-state index contributed by atoms with van der Waals surface area (Å²) < 4.78 is 0. The van der Waals surface area contributed by atoms with Crippen LogP contribution in [0.3, 0.4) is 0 Å². The van der Waals surface area contributed by atoms with Crippen molar-refractivity contribution in [3.8, 4) is 0 Å². The van der Waals surface area contributed by atoms with Crippen molar-refractivity contribution >= 4 is 28.8 Å². The van der Waals surface area contributed by atoms with Gasteiger partial charge in [-0.3, -0.25) is 9.59 Å². The third-order valence-electron chi connectivity index (χ3n) is 4.67. The molecule has 132 valence electrons. The van der Waals surface area contributed by atoms with Crippen LogP contribution in [0.25, 0.3) is 0 Å². The van der Waals surface area contributed by atoms with E-state index in [1.165, 1.54) is 5.56 Å². The molecule has 0 bridgehead atoms. The molecule has 25 heavy (non-hydrogen) atoms. The fourth-order valence-electron chi connectivity index (χ4n) is 3.12. The van der Waals surface area contributed by atoms with E-state index in [0.29, 0.717) is 12.5 Å². The molecule has 1 saturated heterocycles. The number of thiophene rings is 1. The summed E-state index contributed by atoms with van der Waals surface area (Å²) in [4.78, 5) is 27.9. The van der Waals surface area contributed by atoms with Crippen LogP contribution in [0.4, 0.5) is 5.69 Å². The van der Waals surface area contributed by atoms with Crippen LogP contribution in [0.2, 0.25) is 0 Å². The van der Waals surface area contributed by atoms with Crippen molar-refractivity contribution in [3.63, 3.8) is 0 Å². The second-order valence-electron chi connectivity index (χ2n) is 6.90. The molecule has 2 unspecified atom stereocenters. The van der Waals surface area contributed by atoms with Gasteiger partial charge in [0.15, 0.2) is 0 Å². The van der Waals surface area contributed by atoms with Crippen LogP contribution >= 0.6 is 11.3 Å². The Morgan fingerprint density at radius 2 is 2.04 bits per heavy atom. The van der Waals surface area contributed by atoms with Gasteiger partial charge >= 0.3 is 0 Å². The number of nitrogens with zero attached hydrogens (tertiary/aromatic N) is 1. The van der Waals surface area contributed by atoms with Crippen molar-refractivity contribution in [3.05, 3.63) is 52.2 Å². The average molecular weight is 356 g/mol. The van der Waals surface area contributed by atoms with Crippen LogP contribution < -0.4 is 10.2 Å². The number of carbonyl (C=O) groups excluding carboxylic acids is 2. The van der Waals surface area contributed by atoms with Crippen LogP contribution in [-0.4, -0.2) is 18.4 Å². The Bertz CT molecular complexity index is 755. The zero-order chi connectivity index (χ0) is 18.0. The van der Waals surface area contributed by atoms with Gasteiger partial charge in [-0.05, 0) is 42.0 Å². The highest BCUT2D eigenvalue weighted by Gasteiger charge is 2.35. The Hall–Kier alpha value is -2.14. The van der Waals surface area contributed by atoms with Crippen LogP contribution in [0.15, 0.2) is 41.8 Å². The van der Waals surface area contributed by atoms with E-state index < -0.39 is 0 Å². The van der Waals surface area contributed by atoms with Crippen molar-refractivity contribution in [2.75, 3.05) is 11.4 Å². The summed E-state index contributed by atoms with van der Waals surface area (Å²) in [7, 11) is 0. The number of hydrogen-bond acceptors (Lipinski definition) is 3. The lowest BCUT2D eigenvalue weighted by Crippen LogP contribution is -2.34. The largest absolute Gasteiger partial charge is 0.348 e. The molecule has 3 rings (SSSR count). The molecule has 0 spiro atoms. The lowest BCUT2D eigenvalue weighted by Gasteiger charge is -2.19. The zero-order valence-corrected chi connectivity index (χ0v) is 15.7. The van der Waals surface area contributed by atoms with Gasteiger partial charge in [0.05, 0.1) is 12.0 Å². The Labute approximate surface area is 152 Å². The minimum Gasteiger partial charge on any atom is -0.348 e. The van der Waals surface area contributed by atoms with E-state index in [0.717, 1.165) is 10.6 Å². The van der Waals surface area contributed by atoms with Crippen molar-refractivity contribution in [2.45, 2.75) is 39.2 Å². The van der Waals surface area contributed by atoms with E-state index in [1.807, 2.05) is 36.6 Å². The van der Waals surface area contributed by atoms with Gasteiger partial charge in [0, 0.05) is 23.5 Å². The topological polar surface area (TPSA) is 49.4 Å². The van der Waals surface area contributed by atoms with Crippen LogP contribution in [0, 0.1) is 5.92 Å². The van der Waals surface area contributed by atoms with E-state index in [9.17, 15) is 9.59 Å². The highest BCUT2D eigenvalue weighted by Crippen LogP contribution is 2.28. The fourth-order valence-corrected chi connectivity index (χ4v) is 3.86. The summed E-state index contributed by atoms with van der Waals surface area (Å²) in [6.45, 7) is 6.69. The maximum Gasteiger partial charge on any atom is 0.227 e. The smallest absolute Gasteiger partial charge is 0.227 e. The zero-order valence-electron chi connectivity index (χ0n) is 14.9. The summed E-state index contributed by atoms with van der Waals surface area (Å²) in [6, 6.07) is 12.0. The van der Waals surface area contributed by atoms with E-state index in [1.54, 1.807) is 16.2 Å². The molecule has 2 atom stereocenters. The minimum atomic E-state index is -0.294. The van der Waals surface area contributed by atoms with Crippen LogP contribution in [-0.2, 0) is 9.59 Å². The Morgan fingerprint density at radius 1 is 1.24 bits per heavy atom. The van der Waals surface area contributed by atoms with Crippen molar-refractivity contribution in [2.24, 2.45) is 5.92 Å². The quantitative estimate of drug-likeness (QED) is 0.877. The van der Waals surface area contributed by atoms with Gasteiger partial charge in [0.25, 0.3) is 0 Å². The summed E-state index contributed by atoms with van der Waals surface area (Å²) in [5.41, 5.74) is 2.09. The molecule has 4 nitrogen and oxygen atoms in total. The van der Waals surface area contributed by atoms with E-state index in [-0.39, 0.29) is 30.2 Å². The summed E-state index contributed by atoms with van der Waals surface area (Å²) in [5, 5.41) is 5.04. The van der Waals surface area contributed by atoms with Gasteiger partial charge < -0.3 is 10.2 Å². The van der Waals surface area contributed by atoms with Gasteiger partial charge in [-0.15, -0.1) is 11.3 Å². The summed E-state index contributed by atoms with van der Waals surface area (Å²) in [6.07, 6.45) is 0.273. The molecule has 1 fully saturated rings. The molecule has 0 radical (unpaired) electrons. The minimum absolute atomic E-state index is 0.0184. The molecule has 2 aromatic rings. The lowest BCUT2D eigenvalue weighted by molar-refractivity contribution is -0.126. The molecule has 5 heteroatoms. The Kier molecular flexibility index (Phi) is 5.23. The molecule has 1 aromatic carbocycles. The van der Waals surface area contributed by atoms with Gasteiger partial charge in [0.1, 0.15) is 0 Å². The molecule has 0 saturated carbocycles. The van der Waals surface area contributed by atoms with Gasteiger partial charge in [-0.2, -0.15) is 0 Å². The predicted octanol–water partition coefficient (Wildman–Crippen LogP) is 4.10. The summed E-state index contributed by atoms with van der Waals surface area (Å²) in [5.74, 6) is 0.0858. The van der Waals surface area contributed by atoms with Crippen molar-refractivity contribution in [1.29, 1.82) is 0 Å². The number of carbonyl (C=O) groups is 2. The van der Waals surface area contributed by atoms with Crippen molar-refractivity contribution in [1.82, 2.24) is 5.32 Å². The molecule has 1 aliphatic rings. The first-order valence-electron chi connectivity index (χ1n) is 8.70. The normalized spacial score (nSPS) is 18.6. The third-order valence-corrected chi connectivity index (χ3v) is 5.73. The summed E-state index contributed by atoms with van der Waals surface area (Å²) >= 11 is 1.63. The Balaban J connectivity index is 1.67. The number of hydrogen-bond donors (Lipinski definition) is 1. The first-order valence-corrected chi connectivity index (χ1v) is 9.57. The van der Waals surface area contributed by atoms with Gasteiger partial charge in [-0.25, -0.2) is 0 Å². The molecule has 2 heterocycles. The van der Waals surface area contributed by atoms with E-state index in [4.69, 9.17) is 0 Å². The fraction of sp³-hybridized carbons (Fsp3) is 0.400.